The number of benzene rings is 2. The highest BCUT2D eigenvalue weighted by Gasteiger charge is 2.11. The van der Waals surface area contributed by atoms with E-state index in [0.29, 0.717) is 24.0 Å². The topological polar surface area (TPSA) is 54.0 Å². The van der Waals surface area contributed by atoms with E-state index in [1.54, 1.807) is 0 Å². The van der Waals surface area contributed by atoms with Crippen LogP contribution in [0.1, 0.15) is 30.7 Å². The highest BCUT2D eigenvalue weighted by atomic mass is 35.5. The summed E-state index contributed by atoms with van der Waals surface area (Å²) in [7, 11) is 4.13. The Labute approximate surface area is 194 Å². The molecular weight excluding hydrogens is 420 g/mol. The van der Waals surface area contributed by atoms with Crippen LogP contribution in [0.4, 0.5) is 0 Å². The first-order chi connectivity index (χ1) is 15.4. The summed E-state index contributed by atoms with van der Waals surface area (Å²) in [5.74, 6) is 2.07. The number of hydrogen-bond acceptors (Lipinski definition) is 4. The van der Waals surface area contributed by atoms with Gasteiger partial charge in [0.15, 0.2) is 5.82 Å². The first-order valence-corrected chi connectivity index (χ1v) is 11.3. The Hall–Kier alpha value is -2.89. The fourth-order valence-electron chi connectivity index (χ4n) is 3.63. The Morgan fingerprint density at radius 1 is 1.03 bits per heavy atom. The number of pyridine rings is 1. The number of hydrogen-bond donors (Lipinski definition) is 1. The maximum absolute atomic E-state index is 6.27. The molecule has 4 rings (SSSR count). The number of ether oxygens (including phenoxy) is 1. The zero-order valence-corrected chi connectivity index (χ0v) is 19.8. The predicted molar refractivity (Wildman–Crippen MR) is 131 cm³/mol. The van der Waals surface area contributed by atoms with Crippen molar-refractivity contribution in [1.82, 2.24) is 19.9 Å². The van der Waals surface area contributed by atoms with Gasteiger partial charge in [-0.05, 0) is 68.0 Å². The smallest absolute Gasteiger partial charge is 0.157 e. The highest BCUT2D eigenvalue weighted by Crippen LogP contribution is 2.27. The van der Waals surface area contributed by atoms with Crippen molar-refractivity contribution in [3.63, 3.8) is 0 Å². The van der Waals surface area contributed by atoms with Crippen LogP contribution in [0.5, 0.6) is 5.75 Å². The lowest BCUT2D eigenvalue weighted by molar-refractivity contribution is 0.269. The molecule has 0 amide bonds. The standard InChI is InChI=1S/C26H29ClN4O/c1-17(2)16-32-25-11-9-20(27)13-19(25)14-21-6-5-7-23(28-21)26-29-22-10-8-18(15-31(3)4)12-24(22)30-26/h5-13,17H,14-16H2,1-4H3,(H,29,30). The van der Waals surface area contributed by atoms with E-state index >= 15 is 0 Å². The Morgan fingerprint density at radius 2 is 1.88 bits per heavy atom. The van der Waals surface area contributed by atoms with E-state index in [4.69, 9.17) is 26.3 Å². The van der Waals surface area contributed by atoms with Gasteiger partial charge in [-0.3, -0.25) is 0 Å². The highest BCUT2D eigenvalue weighted by molar-refractivity contribution is 6.30. The van der Waals surface area contributed by atoms with E-state index in [0.717, 1.165) is 46.1 Å². The number of nitrogens with one attached hydrogen (secondary N) is 1. The predicted octanol–water partition coefficient (Wildman–Crippen LogP) is 5.97. The van der Waals surface area contributed by atoms with Crippen LogP contribution < -0.4 is 4.74 Å². The number of nitrogens with zero attached hydrogens (tertiary/aromatic N) is 3. The summed E-state index contributed by atoms with van der Waals surface area (Å²) in [6.07, 6.45) is 0.634. The number of aromatic nitrogens is 3. The fourth-order valence-corrected chi connectivity index (χ4v) is 3.82. The quantitative estimate of drug-likeness (QED) is 0.361. The fraction of sp³-hybridized carbons (Fsp3) is 0.308. The average molecular weight is 449 g/mol. The van der Waals surface area contributed by atoms with Crippen LogP contribution in [0.3, 0.4) is 0 Å². The third-order valence-electron chi connectivity index (χ3n) is 5.06. The molecule has 4 aromatic rings. The third kappa shape index (κ3) is 5.47. The van der Waals surface area contributed by atoms with E-state index < -0.39 is 0 Å². The second-order valence-corrected chi connectivity index (χ2v) is 9.26. The zero-order chi connectivity index (χ0) is 22.7. The second-order valence-electron chi connectivity index (χ2n) is 8.82. The lowest BCUT2D eigenvalue weighted by Crippen LogP contribution is -2.10. The molecule has 0 atom stereocenters. The van der Waals surface area contributed by atoms with E-state index in [2.05, 4.69) is 56.0 Å². The van der Waals surface area contributed by atoms with E-state index in [9.17, 15) is 0 Å². The molecule has 2 aromatic carbocycles. The third-order valence-corrected chi connectivity index (χ3v) is 5.30. The Kier molecular flexibility index (Phi) is 6.77. The number of aromatic amines is 1. The summed E-state index contributed by atoms with van der Waals surface area (Å²) in [4.78, 5) is 15.2. The molecule has 5 nitrogen and oxygen atoms in total. The van der Waals surface area contributed by atoms with Gasteiger partial charge in [-0.2, -0.15) is 0 Å². The van der Waals surface area contributed by atoms with Crippen molar-refractivity contribution in [3.8, 4) is 17.3 Å². The average Bonchev–Trinajstić information content (AvgIpc) is 3.16. The maximum atomic E-state index is 6.27. The van der Waals surface area contributed by atoms with Gasteiger partial charge in [0.25, 0.3) is 0 Å². The molecule has 166 valence electrons. The van der Waals surface area contributed by atoms with Crippen LogP contribution >= 0.6 is 11.6 Å². The normalized spacial score (nSPS) is 11.6. The first-order valence-electron chi connectivity index (χ1n) is 10.9. The van der Waals surface area contributed by atoms with Crippen LogP contribution in [-0.4, -0.2) is 40.6 Å². The number of fused-ring (bicyclic) bond motifs is 1. The second kappa shape index (κ2) is 9.72. The molecule has 0 saturated carbocycles. The van der Waals surface area contributed by atoms with Gasteiger partial charge in [-0.25, -0.2) is 9.97 Å². The van der Waals surface area contributed by atoms with Crippen molar-refractivity contribution in [1.29, 1.82) is 0 Å². The molecule has 6 heteroatoms. The Balaban J connectivity index is 1.60. The molecule has 0 aliphatic carbocycles. The summed E-state index contributed by atoms with van der Waals surface area (Å²) in [6.45, 7) is 5.82. The van der Waals surface area contributed by atoms with Crippen LogP contribution in [-0.2, 0) is 13.0 Å². The molecule has 0 fully saturated rings. The van der Waals surface area contributed by atoms with Gasteiger partial charge in [0.1, 0.15) is 11.4 Å². The van der Waals surface area contributed by atoms with Gasteiger partial charge in [0, 0.05) is 29.2 Å². The van der Waals surface area contributed by atoms with Crippen LogP contribution in [0, 0.1) is 5.92 Å². The molecule has 2 aromatic heterocycles. The van der Waals surface area contributed by atoms with Crippen LogP contribution in [0.15, 0.2) is 54.6 Å². The molecule has 0 bridgehead atoms. The monoisotopic (exact) mass is 448 g/mol. The molecule has 32 heavy (non-hydrogen) atoms. The minimum atomic E-state index is 0.450. The molecule has 0 spiro atoms. The van der Waals surface area contributed by atoms with Gasteiger partial charge in [-0.1, -0.05) is 37.6 Å². The van der Waals surface area contributed by atoms with E-state index in [-0.39, 0.29) is 0 Å². The lowest BCUT2D eigenvalue weighted by atomic mass is 10.1. The van der Waals surface area contributed by atoms with Crippen LogP contribution in [0.2, 0.25) is 5.02 Å². The summed E-state index contributed by atoms with van der Waals surface area (Å²) < 4.78 is 6.01. The molecule has 0 unspecified atom stereocenters. The molecular formula is C26H29ClN4O. The number of H-pyrrole nitrogens is 1. The minimum absolute atomic E-state index is 0.450. The van der Waals surface area contributed by atoms with Crippen molar-refractivity contribution in [2.45, 2.75) is 26.8 Å². The largest absolute Gasteiger partial charge is 0.493 e. The molecule has 0 saturated heterocycles. The molecule has 2 heterocycles. The van der Waals surface area contributed by atoms with Gasteiger partial charge in [0.05, 0.1) is 17.6 Å². The van der Waals surface area contributed by atoms with Crippen molar-refractivity contribution in [2.75, 3.05) is 20.7 Å². The van der Waals surface area contributed by atoms with E-state index in [1.165, 1.54) is 5.56 Å². The number of halogens is 1. The van der Waals surface area contributed by atoms with Gasteiger partial charge < -0.3 is 14.6 Å². The van der Waals surface area contributed by atoms with Crippen molar-refractivity contribution in [3.05, 3.63) is 76.4 Å². The van der Waals surface area contributed by atoms with Gasteiger partial charge in [-0.15, -0.1) is 0 Å². The molecule has 1 N–H and O–H groups in total. The summed E-state index contributed by atoms with van der Waals surface area (Å²) in [5.41, 5.74) is 5.99. The zero-order valence-electron chi connectivity index (χ0n) is 19.0. The minimum Gasteiger partial charge on any atom is -0.493 e. The Morgan fingerprint density at radius 3 is 2.66 bits per heavy atom. The number of imidazole rings is 1. The first kappa shape index (κ1) is 22.3. The molecule has 0 aliphatic rings. The SMILES string of the molecule is CC(C)COc1ccc(Cl)cc1Cc1cccc(-c2nc3ccc(CN(C)C)cc3[nH]2)n1. The van der Waals surface area contributed by atoms with Crippen molar-refractivity contribution < 1.29 is 4.74 Å². The van der Waals surface area contributed by atoms with Crippen molar-refractivity contribution >= 4 is 22.6 Å². The van der Waals surface area contributed by atoms with Gasteiger partial charge in [0.2, 0.25) is 0 Å². The van der Waals surface area contributed by atoms with Gasteiger partial charge >= 0.3 is 0 Å². The maximum Gasteiger partial charge on any atom is 0.157 e. The summed E-state index contributed by atoms with van der Waals surface area (Å²) in [6, 6.07) is 18.1. The number of rotatable bonds is 8. The lowest BCUT2D eigenvalue weighted by Gasteiger charge is -2.13. The van der Waals surface area contributed by atoms with E-state index in [1.807, 2.05) is 36.4 Å². The summed E-state index contributed by atoms with van der Waals surface area (Å²) in [5, 5.41) is 0.693. The molecule has 0 radical (unpaired) electrons. The van der Waals surface area contributed by atoms with Crippen molar-refractivity contribution in [2.24, 2.45) is 5.92 Å². The Bertz CT molecular complexity index is 1220. The molecule has 0 aliphatic heterocycles. The summed E-state index contributed by atoms with van der Waals surface area (Å²) >= 11 is 6.27. The van der Waals surface area contributed by atoms with Crippen LogP contribution in [0.25, 0.3) is 22.6 Å².